The molecule has 0 saturated heterocycles. The third-order valence-electron chi connectivity index (χ3n) is 2.49. The molecule has 1 heterocycles. The van der Waals surface area contributed by atoms with Crippen LogP contribution in [-0.4, -0.2) is 15.6 Å². The van der Waals surface area contributed by atoms with Gasteiger partial charge in [-0.2, -0.15) is 5.10 Å². The van der Waals surface area contributed by atoms with Crippen LogP contribution in [-0.2, 0) is 7.05 Å². The number of nitrogens with two attached hydrogens (primary N) is 1. The molecular weight excluding hydrogens is 250 g/mol. The van der Waals surface area contributed by atoms with Crippen LogP contribution in [0, 0.1) is 0 Å². The highest BCUT2D eigenvalue weighted by atomic mass is 35.5. The van der Waals surface area contributed by atoms with Gasteiger partial charge in [-0.25, -0.2) is 0 Å². The third kappa shape index (κ3) is 2.60. The second-order valence-corrected chi connectivity index (χ2v) is 4.24. The van der Waals surface area contributed by atoms with Crippen LogP contribution in [0.3, 0.4) is 0 Å². The van der Waals surface area contributed by atoms with E-state index in [1.165, 1.54) is 17.0 Å². The van der Waals surface area contributed by atoms with Gasteiger partial charge >= 0.3 is 0 Å². The first-order chi connectivity index (χ1) is 8.58. The first-order valence-electron chi connectivity index (χ1n) is 5.33. The lowest BCUT2D eigenvalue weighted by Gasteiger charge is -1.98. The number of carbonyl (C=O) groups is 1. The number of hydrogen-bond acceptors (Lipinski definition) is 3. The largest absolute Gasteiger partial charge is 0.399 e. The van der Waals surface area contributed by atoms with Crippen LogP contribution in [0.2, 0.25) is 5.02 Å². The van der Waals surface area contributed by atoms with E-state index in [0.29, 0.717) is 16.4 Å². The van der Waals surface area contributed by atoms with Crippen LogP contribution in [0.1, 0.15) is 16.1 Å². The highest BCUT2D eigenvalue weighted by molar-refractivity contribution is 6.34. The van der Waals surface area contributed by atoms with Gasteiger partial charge in [0.15, 0.2) is 0 Å². The van der Waals surface area contributed by atoms with E-state index in [9.17, 15) is 4.79 Å². The van der Waals surface area contributed by atoms with Gasteiger partial charge in [0, 0.05) is 12.7 Å². The van der Waals surface area contributed by atoms with Gasteiger partial charge < -0.3 is 5.73 Å². The molecule has 0 spiro atoms. The van der Waals surface area contributed by atoms with Crippen molar-refractivity contribution in [3.05, 3.63) is 52.8 Å². The summed E-state index contributed by atoms with van der Waals surface area (Å²) in [4.78, 5) is 11.9. The van der Waals surface area contributed by atoms with E-state index in [1.807, 2.05) is 12.1 Å². The third-order valence-corrected chi connectivity index (χ3v) is 2.77. The van der Waals surface area contributed by atoms with E-state index in [4.69, 9.17) is 17.3 Å². The first-order valence-corrected chi connectivity index (χ1v) is 5.71. The van der Waals surface area contributed by atoms with Crippen molar-refractivity contribution in [1.29, 1.82) is 0 Å². The SMILES string of the molecule is Cn1ncc(Cl)c1C(=O)/C=C/c1ccc(N)cc1. The summed E-state index contributed by atoms with van der Waals surface area (Å²) in [5.74, 6) is -0.183. The first kappa shape index (κ1) is 12.4. The summed E-state index contributed by atoms with van der Waals surface area (Å²) in [7, 11) is 1.68. The van der Waals surface area contributed by atoms with E-state index >= 15 is 0 Å². The number of aryl methyl sites for hydroxylation is 1. The maximum absolute atomic E-state index is 11.9. The van der Waals surface area contributed by atoms with Gasteiger partial charge in [-0.1, -0.05) is 29.8 Å². The zero-order valence-electron chi connectivity index (χ0n) is 9.80. The van der Waals surface area contributed by atoms with Crippen LogP contribution < -0.4 is 5.73 Å². The smallest absolute Gasteiger partial charge is 0.205 e. The number of halogens is 1. The molecule has 0 aliphatic carbocycles. The Kier molecular flexibility index (Phi) is 3.48. The Morgan fingerprint density at radius 1 is 1.39 bits per heavy atom. The molecule has 2 N–H and O–H groups in total. The van der Waals surface area contributed by atoms with E-state index in [-0.39, 0.29) is 5.78 Å². The van der Waals surface area contributed by atoms with Crippen molar-refractivity contribution in [1.82, 2.24) is 9.78 Å². The Bertz CT molecular complexity index is 580. The average molecular weight is 262 g/mol. The lowest BCUT2D eigenvalue weighted by molar-refractivity contribution is 0.103. The number of aromatic nitrogens is 2. The Labute approximate surface area is 110 Å². The van der Waals surface area contributed by atoms with Gasteiger partial charge in [0.1, 0.15) is 5.69 Å². The minimum Gasteiger partial charge on any atom is -0.399 e. The Morgan fingerprint density at radius 2 is 2.06 bits per heavy atom. The highest BCUT2D eigenvalue weighted by Crippen LogP contribution is 2.16. The molecule has 1 aromatic carbocycles. The lowest BCUT2D eigenvalue weighted by atomic mass is 10.1. The molecule has 2 aromatic rings. The number of nitrogen functional groups attached to an aromatic ring is 1. The fraction of sp³-hybridized carbons (Fsp3) is 0.0769. The van der Waals surface area contributed by atoms with Gasteiger partial charge in [0.2, 0.25) is 5.78 Å². The minimum atomic E-state index is -0.183. The second-order valence-electron chi connectivity index (χ2n) is 3.83. The van der Waals surface area contributed by atoms with E-state index in [0.717, 1.165) is 5.56 Å². The molecule has 92 valence electrons. The van der Waals surface area contributed by atoms with Crippen LogP contribution in [0.4, 0.5) is 5.69 Å². The molecule has 0 atom stereocenters. The number of nitrogens with zero attached hydrogens (tertiary/aromatic N) is 2. The van der Waals surface area contributed by atoms with Crippen molar-refractivity contribution in [3.63, 3.8) is 0 Å². The molecule has 18 heavy (non-hydrogen) atoms. The lowest BCUT2D eigenvalue weighted by Crippen LogP contribution is -2.04. The van der Waals surface area contributed by atoms with Crippen molar-refractivity contribution in [3.8, 4) is 0 Å². The fourth-order valence-corrected chi connectivity index (χ4v) is 1.80. The Balaban J connectivity index is 2.19. The van der Waals surface area contributed by atoms with Crippen LogP contribution in [0.5, 0.6) is 0 Å². The standard InChI is InChI=1S/C13H12ClN3O/c1-17-13(11(14)8-16-17)12(18)7-4-9-2-5-10(15)6-3-9/h2-8H,15H2,1H3/b7-4+. The average Bonchev–Trinajstić information content (AvgIpc) is 2.68. The fourth-order valence-electron chi connectivity index (χ4n) is 1.55. The minimum absolute atomic E-state index is 0.183. The van der Waals surface area contributed by atoms with Gasteiger partial charge in [-0.3, -0.25) is 9.48 Å². The summed E-state index contributed by atoms with van der Waals surface area (Å²) in [6, 6.07) is 7.23. The van der Waals surface area contributed by atoms with E-state index in [1.54, 1.807) is 25.3 Å². The van der Waals surface area contributed by atoms with Gasteiger partial charge in [-0.05, 0) is 23.8 Å². The molecule has 0 aliphatic heterocycles. The molecule has 0 amide bonds. The molecule has 0 unspecified atom stereocenters. The summed E-state index contributed by atoms with van der Waals surface area (Å²) < 4.78 is 1.46. The monoisotopic (exact) mass is 261 g/mol. The van der Waals surface area contributed by atoms with Gasteiger partial charge in [0.05, 0.1) is 11.2 Å². The molecule has 0 fully saturated rings. The highest BCUT2D eigenvalue weighted by Gasteiger charge is 2.12. The van der Waals surface area contributed by atoms with Crippen LogP contribution in [0.25, 0.3) is 6.08 Å². The molecule has 0 aliphatic rings. The van der Waals surface area contributed by atoms with Crippen LogP contribution >= 0.6 is 11.6 Å². The van der Waals surface area contributed by atoms with Crippen LogP contribution in [0.15, 0.2) is 36.5 Å². The van der Waals surface area contributed by atoms with E-state index in [2.05, 4.69) is 5.10 Å². The predicted molar refractivity (Wildman–Crippen MR) is 72.4 cm³/mol. The summed E-state index contributed by atoms with van der Waals surface area (Å²) in [5, 5.41) is 4.27. The van der Waals surface area contributed by atoms with Crippen molar-refractivity contribution in [2.75, 3.05) is 5.73 Å². The summed E-state index contributed by atoms with van der Waals surface area (Å²) in [5.41, 5.74) is 7.54. The normalized spacial score (nSPS) is 11.0. The maximum atomic E-state index is 11.9. The maximum Gasteiger partial charge on any atom is 0.205 e. The van der Waals surface area contributed by atoms with Crippen molar-refractivity contribution < 1.29 is 4.79 Å². The number of rotatable bonds is 3. The molecule has 5 heteroatoms. The second kappa shape index (κ2) is 5.06. The molecule has 0 radical (unpaired) electrons. The molecule has 1 aromatic heterocycles. The summed E-state index contributed by atoms with van der Waals surface area (Å²) in [6.45, 7) is 0. The number of ketones is 1. The predicted octanol–water partition coefficient (Wildman–Crippen LogP) is 2.55. The zero-order chi connectivity index (χ0) is 13.1. The Hall–Kier alpha value is -2.07. The number of hydrogen-bond donors (Lipinski definition) is 1. The van der Waals surface area contributed by atoms with E-state index < -0.39 is 0 Å². The topological polar surface area (TPSA) is 60.9 Å². The van der Waals surface area contributed by atoms with Crippen molar-refractivity contribution in [2.45, 2.75) is 0 Å². The molecule has 0 bridgehead atoms. The van der Waals surface area contributed by atoms with Crippen molar-refractivity contribution >= 4 is 29.1 Å². The Morgan fingerprint density at radius 3 is 2.61 bits per heavy atom. The number of allylic oxidation sites excluding steroid dienone is 1. The molecule has 0 saturated carbocycles. The quantitative estimate of drug-likeness (QED) is 0.525. The summed E-state index contributed by atoms with van der Waals surface area (Å²) >= 11 is 5.89. The summed E-state index contributed by atoms with van der Waals surface area (Å²) in [6.07, 6.45) is 4.63. The van der Waals surface area contributed by atoms with Gasteiger partial charge in [-0.15, -0.1) is 0 Å². The molecule has 2 rings (SSSR count). The number of anilines is 1. The molecular formula is C13H12ClN3O. The van der Waals surface area contributed by atoms with Crippen molar-refractivity contribution in [2.24, 2.45) is 7.05 Å². The zero-order valence-corrected chi connectivity index (χ0v) is 10.6. The molecule has 4 nitrogen and oxygen atoms in total. The number of carbonyl (C=O) groups excluding carboxylic acids is 1. The van der Waals surface area contributed by atoms with Gasteiger partial charge in [0.25, 0.3) is 0 Å². The number of benzene rings is 1.